The molecule has 1 unspecified atom stereocenters. The quantitative estimate of drug-likeness (QED) is 0.942. The number of rotatable bonds is 4. The number of aromatic nitrogens is 1. The van der Waals surface area contributed by atoms with Gasteiger partial charge >= 0.3 is 0 Å². The van der Waals surface area contributed by atoms with Gasteiger partial charge in [-0.3, -0.25) is 0 Å². The van der Waals surface area contributed by atoms with Crippen LogP contribution in [0, 0.1) is 6.92 Å². The second-order valence-corrected chi connectivity index (χ2v) is 7.39. The number of nitrogens with zero attached hydrogens (tertiary/aromatic N) is 1. The van der Waals surface area contributed by atoms with E-state index in [9.17, 15) is 8.42 Å². The molecule has 6 heteroatoms. The van der Waals surface area contributed by atoms with Gasteiger partial charge in [-0.1, -0.05) is 0 Å². The van der Waals surface area contributed by atoms with Gasteiger partial charge in [0, 0.05) is 18.4 Å². The van der Waals surface area contributed by atoms with Gasteiger partial charge in [0.15, 0.2) is 0 Å². The summed E-state index contributed by atoms with van der Waals surface area (Å²) in [4.78, 5) is 3.49. The number of nitrogens with one attached hydrogen (secondary N) is 1. The predicted molar refractivity (Wildman–Crippen MR) is 84.4 cm³/mol. The van der Waals surface area contributed by atoms with Gasteiger partial charge in [-0.05, 0) is 55.7 Å². The van der Waals surface area contributed by atoms with Crippen molar-refractivity contribution >= 4 is 10.0 Å². The summed E-state index contributed by atoms with van der Waals surface area (Å²) in [5.74, 6) is 0.666. The molecule has 1 atom stereocenters. The molecule has 1 N–H and O–H groups in total. The fourth-order valence-electron chi connectivity index (χ4n) is 3.05. The summed E-state index contributed by atoms with van der Waals surface area (Å²) in [5.41, 5.74) is 1.66. The topological polar surface area (TPSA) is 62.4 Å². The maximum Gasteiger partial charge on any atom is 0.243 e. The highest BCUT2D eigenvalue weighted by Crippen LogP contribution is 2.36. The van der Waals surface area contributed by atoms with Gasteiger partial charge < -0.3 is 9.72 Å². The van der Waals surface area contributed by atoms with Crippen LogP contribution in [0.3, 0.4) is 0 Å². The molecule has 0 spiro atoms. The molecular formula is C16H20N2O3S. The van der Waals surface area contributed by atoms with E-state index in [2.05, 4.69) is 4.98 Å². The fraction of sp³-hybridized carbons (Fsp3) is 0.375. The molecule has 0 amide bonds. The summed E-state index contributed by atoms with van der Waals surface area (Å²) in [5, 5.41) is 0. The van der Waals surface area contributed by atoms with Crippen LogP contribution in [-0.4, -0.2) is 31.4 Å². The number of hydrogen-bond acceptors (Lipinski definition) is 3. The number of hydrogen-bond donors (Lipinski definition) is 1. The SMILES string of the molecule is COc1ccc(S(=O)(=O)N2CCCC2c2ccc[nH]2)c(C)c1. The van der Waals surface area contributed by atoms with Crippen molar-refractivity contribution in [3.05, 3.63) is 47.8 Å². The van der Waals surface area contributed by atoms with E-state index in [1.807, 2.05) is 18.3 Å². The van der Waals surface area contributed by atoms with E-state index in [0.717, 1.165) is 18.5 Å². The van der Waals surface area contributed by atoms with Gasteiger partial charge in [0.05, 0.1) is 18.0 Å². The number of ether oxygens (including phenoxy) is 1. The summed E-state index contributed by atoms with van der Waals surface area (Å²) < 4.78 is 32.8. The fourth-order valence-corrected chi connectivity index (χ4v) is 4.94. The monoisotopic (exact) mass is 320 g/mol. The maximum absolute atomic E-state index is 13.0. The summed E-state index contributed by atoms with van der Waals surface area (Å²) >= 11 is 0. The first-order valence-corrected chi connectivity index (χ1v) is 8.78. The third-order valence-corrected chi connectivity index (χ3v) is 6.22. The van der Waals surface area contributed by atoms with E-state index in [1.54, 1.807) is 36.5 Å². The number of benzene rings is 1. The molecule has 2 heterocycles. The lowest BCUT2D eigenvalue weighted by Gasteiger charge is -2.24. The Hall–Kier alpha value is -1.79. The van der Waals surface area contributed by atoms with Crippen LogP contribution < -0.4 is 4.74 Å². The molecule has 0 saturated carbocycles. The molecule has 1 saturated heterocycles. The predicted octanol–water partition coefficient (Wildman–Crippen LogP) is 2.86. The molecule has 118 valence electrons. The zero-order valence-electron chi connectivity index (χ0n) is 12.7. The molecule has 0 aliphatic carbocycles. The van der Waals surface area contributed by atoms with Crippen molar-refractivity contribution in [2.75, 3.05) is 13.7 Å². The number of methoxy groups -OCH3 is 1. The van der Waals surface area contributed by atoms with Gasteiger partial charge in [0.25, 0.3) is 0 Å². The van der Waals surface area contributed by atoms with Crippen molar-refractivity contribution in [1.82, 2.24) is 9.29 Å². The molecule has 2 aromatic rings. The van der Waals surface area contributed by atoms with Crippen LogP contribution in [0.4, 0.5) is 0 Å². The van der Waals surface area contributed by atoms with Gasteiger partial charge in [-0.25, -0.2) is 8.42 Å². The van der Waals surface area contributed by atoms with E-state index in [0.29, 0.717) is 22.8 Å². The highest BCUT2D eigenvalue weighted by atomic mass is 32.2. The van der Waals surface area contributed by atoms with Crippen LogP contribution in [0.15, 0.2) is 41.4 Å². The molecule has 22 heavy (non-hydrogen) atoms. The van der Waals surface area contributed by atoms with Crippen molar-refractivity contribution in [3.8, 4) is 5.75 Å². The number of aromatic amines is 1. The Morgan fingerprint density at radius 3 is 2.77 bits per heavy atom. The van der Waals surface area contributed by atoms with Crippen molar-refractivity contribution in [3.63, 3.8) is 0 Å². The maximum atomic E-state index is 13.0. The Labute approximate surface area is 131 Å². The molecule has 0 bridgehead atoms. The van der Waals surface area contributed by atoms with Gasteiger partial charge in [0.1, 0.15) is 5.75 Å². The Balaban J connectivity index is 1.99. The Bertz CT molecular complexity index is 754. The lowest BCUT2D eigenvalue weighted by Crippen LogP contribution is -2.31. The van der Waals surface area contributed by atoms with Crippen molar-refractivity contribution in [1.29, 1.82) is 0 Å². The molecule has 0 radical (unpaired) electrons. The number of H-pyrrole nitrogens is 1. The van der Waals surface area contributed by atoms with E-state index >= 15 is 0 Å². The zero-order chi connectivity index (χ0) is 15.7. The lowest BCUT2D eigenvalue weighted by molar-refractivity contribution is 0.390. The Kier molecular flexibility index (Phi) is 3.97. The summed E-state index contributed by atoms with van der Waals surface area (Å²) in [6.45, 7) is 2.35. The van der Waals surface area contributed by atoms with E-state index in [-0.39, 0.29) is 6.04 Å². The average molecular weight is 320 g/mol. The van der Waals surface area contributed by atoms with Crippen LogP contribution in [0.25, 0.3) is 0 Å². The number of aryl methyl sites for hydroxylation is 1. The van der Waals surface area contributed by atoms with Gasteiger partial charge in [-0.15, -0.1) is 0 Å². The molecule has 1 aliphatic heterocycles. The van der Waals surface area contributed by atoms with Crippen LogP contribution in [0.1, 0.15) is 30.1 Å². The molecule has 1 aromatic carbocycles. The first-order chi connectivity index (χ1) is 10.5. The van der Waals surface area contributed by atoms with Crippen molar-refractivity contribution in [2.24, 2.45) is 0 Å². The minimum atomic E-state index is -3.51. The standard InChI is InChI=1S/C16H20N2O3S/c1-12-11-13(21-2)7-8-16(12)22(19,20)18-10-4-6-15(18)14-5-3-9-17-14/h3,5,7-9,11,15,17H,4,6,10H2,1-2H3. The summed E-state index contributed by atoms with van der Waals surface area (Å²) in [7, 11) is -1.94. The Morgan fingerprint density at radius 1 is 1.32 bits per heavy atom. The lowest BCUT2D eigenvalue weighted by atomic mass is 10.2. The normalized spacial score (nSPS) is 19.5. The van der Waals surface area contributed by atoms with Crippen molar-refractivity contribution in [2.45, 2.75) is 30.7 Å². The van der Waals surface area contributed by atoms with Crippen LogP contribution >= 0.6 is 0 Å². The molecule has 1 aromatic heterocycles. The third-order valence-electron chi connectivity index (χ3n) is 4.15. The largest absolute Gasteiger partial charge is 0.497 e. The smallest absolute Gasteiger partial charge is 0.243 e. The molecule has 1 fully saturated rings. The van der Waals surface area contributed by atoms with Crippen LogP contribution in [-0.2, 0) is 10.0 Å². The third kappa shape index (κ3) is 2.53. The van der Waals surface area contributed by atoms with Crippen LogP contribution in [0.5, 0.6) is 5.75 Å². The second-order valence-electron chi connectivity index (χ2n) is 5.53. The first-order valence-electron chi connectivity index (χ1n) is 7.34. The van der Waals surface area contributed by atoms with E-state index in [4.69, 9.17) is 4.74 Å². The summed E-state index contributed by atoms with van der Waals surface area (Å²) in [6, 6.07) is 8.82. The second kappa shape index (κ2) is 5.78. The van der Waals surface area contributed by atoms with Crippen LogP contribution in [0.2, 0.25) is 0 Å². The Morgan fingerprint density at radius 2 is 2.14 bits per heavy atom. The van der Waals surface area contributed by atoms with E-state index in [1.165, 1.54) is 0 Å². The van der Waals surface area contributed by atoms with E-state index < -0.39 is 10.0 Å². The van der Waals surface area contributed by atoms with Gasteiger partial charge in [0.2, 0.25) is 10.0 Å². The van der Waals surface area contributed by atoms with Crippen molar-refractivity contribution < 1.29 is 13.2 Å². The van der Waals surface area contributed by atoms with Gasteiger partial charge in [-0.2, -0.15) is 4.31 Å². The summed E-state index contributed by atoms with van der Waals surface area (Å²) in [6.07, 6.45) is 3.55. The molecule has 5 nitrogen and oxygen atoms in total. The molecule has 1 aliphatic rings. The molecular weight excluding hydrogens is 300 g/mol. The highest BCUT2D eigenvalue weighted by Gasteiger charge is 2.37. The molecule has 3 rings (SSSR count). The first kappa shape index (κ1) is 15.1. The highest BCUT2D eigenvalue weighted by molar-refractivity contribution is 7.89. The number of sulfonamides is 1. The minimum absolute atomic E-state index is 0.110. The average Bonchev–Trinajstić information content (AvgIpc) is 3.17. The minimum Gasteiger partial charge on any atom is -0.497 e. The zero-order valence-corrected chi connectivity index (χ0v) is 13.6.